The van der Waals surface area contributed by atoms with Crippen LogP contribution in [0.2, 0.25) is 0 Å². The molecule has 4 aromatic carbocycles. The van der Waals surface area contributed by atoms with Gasteiger partial charge in [0.1, 0.15) is 19.8 Å². The summed E-state index contributed by atoms with van der Waals surface area (Å²) >= 11 is 0. The summed E-state index contributed by atoms with van der Waals surface area (Å²) in [5.41, 5.74) is 2.23. The van der Waals surface area contributed by atoms with Gasteiger partial charge in [-0.2, -0.15) is 0 Å². The highest BCUT2D eigenvalue weighted by molar-refractivity contribution is 5.57. The molecule has 0 aliphatic rings. The topological polar surface area (TPSA) is 177 Å². The van der Waals surface area contributed by atoms with E-state index in [9.17, 15) is 30.6 Å². The smallest absolute Gasteiger partial charge is 0.203 e. The quantitative estimate of drug-likeness (QED) is 0.109. The van der Waals surface area contributed by atoms with Crippen LogP contribution in [-0.4, -0.2) is 52.0 Å². The van der Waals surface area contributed by atoms with Gasteiger partial charge in [0, 0.05) is 0 Å². The molecule has 0 unspecified atom stereocenters. The standard InChI is InChI=1S/C32H34O12/c1-5-17-10-27(42-14-18-6-21(33)29(37)22(34)7-18)32(44-16-19-8-23(35)30(38)25(12-19)39-2)28(11-17)43-15-20-9-24(36)31(41-4)26(13-20)40-3/h6-13,33-38H,5,14-16H2,1-4H3. The highest BCUT2D eigenvalue weighted by Crippen LogP contribution is 2.43. The first-order valence-electron chi connectivity index (χ1n) is 13.4. The Morgan fingerprint density at radius 3 is 1.36 bits per heavy atom. The number of hydrogen-bond acceptors (Lipinski definition) is 12. The van der Waals surface area contributed by atoms with E-state index in [0.29, 0.717) is 34.6 Å². The van der Waals surface area contributed by atoms with E-state index < -0.39 is 28.7 Å². The maximum Gasteiger partial charge on any atom is 0.203 e. The highest BCUT2D eigenvalue weighted by atomic mass is 16.5. The molecule has 0 saturated heterocycles. The summed E-state index contributed by atoms with van der Waals surface area (Å²) in [4.78, 5) is 0. The third-order valence-corrected chi connectivity index (χ3v) is 6.64. The number of benzene rings is 4. The molecule has 0 fully saturated rings. The van der Waals surface area contributed by atoms with Crippen LogP contribution in [-0.2, 0) is 26.2 Å². The van der Waals surface area contributed by atoms with Crippen LogP contribution in [0.25, 0.3) is 0 Å². The third-order valence-electron chi connectivity index (χ3n) is 6.64. The van der Waals surface area contributed by atoms with Gasteiger partial charge in [0.05, 0.1) is 21.3 Å². The molecule has 0 amide bonds. The Kier molecular flexibility index (Phi) is 9.74. The number of phenols is 6. The molecule has 4 rings (SSSR count). The van der Waals surface area contributed by atoms with E-state index in [1.165, 1.54) is 51.7 Å². The minimum atomic E-state index is -0.643. The van der Waals surface area contributed by atoms with Gasteiger partial charge in [-0.05, 0) is 77.2 Å². The number of ether oxygens (including phenoxy) is 6. The summed E-state index contributed by atoms with van der Waals surface area (Å²) in [6.45, 7) is 1.71. The lowest BCUT2D eigenvalue weighted by atomic mass is 10.1. The predicted octanol–water partition coefficient (Wildman–Crippen LogP) is 5.25. The third kappa shape index (κ3) is 6.92. The molecule has 0 radical (unpaired) electrons. The molecule has 0 aromatic heterocycles. The van der Waals surface area contributed by atoms with Crippen LogP contribution in [0.4, 0.5) is 0 Å². The molecule has 234 valence electrons. The van der Waals surface area contributed by atoms with Crippen molar-refractivity contribution in [3.63, 3.8) is 0 Å². The van der Waals surface area contributed by atoms with Crippen molar-refractivity contribution < 1.29 is 59.1 Å². The van der Waals surface area contributed by atoms with Gasteiger partial charge in [-0.1, -0.05) is 6.92 Å². The van der Waals surface area contributed by atoms with Crippen LogP contribution < -0.4 is 28.4 Å². The molecule has 4 aromatic rings. The van der Waals surface area contributed by atoms with Crippen molar-refractivity contribution in [3.05, 3.63) is 70.8 Å². The minimum absolute atomic E-state index is 0.00951. The number of aryl methyl sites for hydroxylation is 1. The molecule has 0 aliphatic heterocycles. The zero-order valence-electron chi connectivity index (χ0n) is 24.6. The lowest BCUT2D eigenvalue weighted by Gasteiger charge is -2.19. The van der Waals surface area contributed by atoms with Gasteiger partial charge < -0.3 is 59.1 Å². The lowest BCUT2D eigenvalue weighted by Crippen LogP contribution is -2.05. The molecule has 0 aliphatic carbocycles. The Balaban J connectivity index is 1.71. The number of methoxy groups -OCH3 is 3. The Labute approximate surface area is 253 Å². The molecule has 12 heteroatoms. The maximum atomic E-state index is 10.4. The highest BCUT2D eigenvalue weighted by Gasteiger charge is 2.19. The fourth-order valence-electron chi connectivity index (χ4n) is 4.38. The Hall–Kier alpha value is -5.52. The molecule has 6 N–H and O–H groups in total. The zero-order chi connectivity index (χ0) is 32.0. The summed E-state index contributed by atoms with van der Waals surface area (Å²) in [7, 11) is 4.22. The maximum absolute atomic E-state index is 10.4. The predicted molar refractivity (Wildman–Crippen MR) is 158 cm³/mol. The van der Waals surface area contributed by atoms with Crippen molar-refractivity contribution in [2.75, 3.05) is 21.3 Å². The first-order valence-corrected chi connectivity index (χ1v) is 13.4. The fraction of sp³-hybridized carbons (Fsp3) is 0.250. The normalized spacial score (nSPS) is 10.7. The van der Waals surface area contributed by atoms with Gasteiger partial charge in [0.25, 0.3) is 0 Å². The van der Waals surface area contributed by atoms with Crippen molar-refractivity contribution in [2.24, 2.45) is 0 Å². The van der Waals surface area contributed by atoms with Crippen molar-refractivity contribution in [1.29, 1.82) is 0 Å². The van der Waals surface area contributed by atoms with Crippen LogP contribution in [0.5, 0.6) is 69.0 Å². The van der Waals surface area contributed by atoms with Gasteiger partial charge in [0.15, 0.2) is 51.7 Å². The van der Waals surface area contributed by atoms with Crippen LogP contribution in [0, 0.1) is 0 Å². The summed E-state index contributed by atoms with van der Waals surface area (Å²) in [5.74, 6) is -1.30. The van der Waals surface area contributed by atoms with Crippen molar-refractivity contribution in [2.45, 2.75) is 33.2 Å². The first kappa shape index (κ1) is 31.4. The van der Waals surface area contributed by atoms with Gasteiger partial charge in [0.2, 0.25) is 17.2 Å². The van der Waals surface area contributed by atoms with E-state index >= 15 is 0 Å². The second-order valence-electron chi connectivity index (χ2n) is 9.64. The number of phenolic OH excluding ortho intramolecular Hbond substituents is 6. The molecule has 12 nitrogen and oxygen atoms in total. The second-order valence-corrected chi connectivity index (χ2v) is 9.64. The van der Waals surface area contributed by atoms with Crippen LogP contribution in [0.15, 0.2) is 48.5 Å². The van der Waals surface area contributed by atoms with E-state index in [1.54, 1.807) is 18.2 Å². The van der Waals surface area contributed by atoms with E-state index in [0.717, 1.165) is 5.56 Å². The van der Waals surface area contributed by atoms with E-state index in [2.05, 4.69) is 0 Å². The average molecular weight is 611 g/mol. The molecular formula is C32H34O12. The first-order chi connectivity index (χ1) is 21.1. The molecule has 0 bridgehead atoms. The van der Waals surface area contributed by atoms with Crippen LogP contribution >= 0.6 is 0 Å². The summed E-state index contributed by atoms with van der Waals surface area (Å²) in [6, 6.07) is 12.0. The van der Waals surface area contributed by atoms with E-state index in [-0.39, 0.29) is 48.6 Å². The molecule has 44 heavy (non-hydrogen) atoms. The number of hydrogen-bond donors (Lipinski definition) is 6. The molecule has 0 spiro atoms. The molecule has 0 saturated carbocycles. The van der Waals surface area contributed by atoms with Crippen LogP contribution in [0.1, 0.15) is 29.2 Å². The van der Waals surface area contributed by atoms with Crippen molar-refractivity contribution in [1.82, 2.24) is 0 Å². The van der Waals surface area contributed by atoms with Gasteiger partial charge in [-0.3, -0.25) is 0 Å². The molecule has 0 atom stereocenters. The van der Waals surface area contributed by atoms with Gasteiger partial charge in [-0.15, -0.1) is 0 Å². The van der Waals surface area contributed by atoms with Crippen molar-refractivity contribution >= 4 is 0 Å². The Morgan fingerprint density at radius 1 is 0.432 bits per heavy atom. The SMILES string of the molecule is CCc1cc(OCc2cc(O)c(O)c(O)c2)c(OCc2cc(O)c(O)c(OC)c2)c(OCc2cc(O)c(OC)c(OC)c2)c1. The zero-order valence-corrected chi connectivity index (χ0v) is 24.6. The van der Waals surface area contributed by atoms with Crippen LogP contribution in [0.3, 0.4) is 0 Å². The van der Waals surface area contributed by atoms with Gasteiger partial charge in [-0.25, -0.2) is 0 Å². The largest absolute Gasteiger partial charge is 0.504 e. The summed E-state index contributed by atoms with van der Waals surface area (Å²) < 4.78 is 34.1. The van der Waals surface area contributed by atoms with Gasteiger partial charge >= 0.3 is 0 Å². The Bertz CT molecular complexity index is 1610. The van der Waals surface area contributed by atoms with Crippen molar-refractivity contribution in [3.8, 4) is 69.0 Å². The second kappa shape index (κ2) is 13.6. The fourth-order valence-corrected chi connectivity index (χ4v) is 4.38. The Morgan fingerprint density at radius 2 is 0.864 bits per heavy atom. The monoisotopic (exact) mass is 610 g/mol. The van der Waals surface area contributed by atoms with E-state index in [4.69, 9.17) is 28.4 Å². The lowest BCUT2D eigenvalue weighted by molar-refractivity contribution is 0.228. The summed E-state index contributed by atoms with van der Waals surface area (Å²) in [6.07, 6.45) is 0.605. The van der Waals surface area contributed by atoms with E-state index in [1.807, 2.05) is 6.92 Å². The summed E-state index contributed by atoms with van der Waals surface area (Å²) in [5, 5.41) is 60.1. The minimum Gasteiger partial charge on any atom is -0.504 e. The molecule has 0 heterocycles. The number of aromatic hydroxyl groups is 6. The number of rotatable bonds is 13. The molecular weight excluding hydrogens is 576 g/mol. The average Bonchev–Trinajstić information content (AvgIpc) is 3.01.